The summed E-state index contributed by atoms with van der Waals surface area (Å²) in [7, 11) is 0. The van der Waals surface area contributed by atoms with E-state index < -0.39 is 0 Å². The van der Waals surface area contributed by atoms with Gasteiger partial charge < -0.3 is 4.42 Å². The largest absolute Gasteiger partial charge is 0.456 e. The molecule has 0 atom stereocenters. The quantitative estimate of drug-likeness (QED) is 0.201. The van der Waals surface area contributed by atoms with E-state index in [1.54, 1.807) is 0 Å². The molecule has 0 aliphatic carbocycles. The number of furan rings is 1. The molecule has 0 fully saturated rings. The minimum Gasteiger partial charge on any atom is -0.456 e. The highest BCUT2D eigenvalue weighted by atomic mass is 16.3. The molecule has 0 aliphatic heterocycles. The summed E-state index contributed by atoms with van der Waals surface area (Å²) in [5.41, 5.74) is 9.21. The molecule has 1 nitrogen and oxygen atoms in total. The van der Waals surface area contributed by atoms with Gasteiger partial charge in [-0.25, -0.2) is 0 Å². The minimum atomic E-state index is 0.908. The highest BCUT2D eigenvalue weighted by molar-refractivity contribution is 6.24. The molecule has 0 N–H and O–H groups in total. The molecule has 0 aliphatic rings. The lowest BCUT2D eigenvalue weighted by atomic mass is 9.85. The molecule has 1 aromatic heterocycles. The van der Waals surface area contributed by atoms with E-state index in [0.717, 1.165) is 16.6 Å². The van der Waals surface area contributed by atoms with E-state index in [-0.39, 0.29) is 0 Å². The highest BCUT2D eigenvalue weighted by Crippen LogP contribution is 2.45. The lowest BCUT2D eigenvalue weighted by Gasteiger charge is -2.17. The molecule has 8 aromatic carbocycles. The minimum absolute atomic E-state index is 0.908. The fourth-order valence-electron chi connectivity index (χ4n) is 6.92. The Bertz CT molecular complexity index is 2430. The number of fused-ring (bicyclic) bond motifs is 7. The maximum Gasteiger partial charge on any atom is 0.136 e. The van der Waals surface area contributed by atoms with Crippen LogP contribution in [0.5, 0.6) is 0 Å². The van der Waals surface area contributed by atoms with Gasteiger partial charge in [0.05, 0.1) is 0 Å². The highest BCUT2D eigenvalue weighted by Gasteiger charge is 2.18. The van der Waals surface area contributed by atoms with Crippen LogP contribution >= 0.6 is 0 Å². The molecule has 43 heavy (non-hydrogen) atoms. The SMILES string of the molecule is c1ccc(-c2ccc3ccc4oc5ccc(-c6c7ccccc7c(-c7ccccc7)c7ccccc67)cc5c4c3c2)cc1. The predicted molar refractivity (Wildman–Crippen MR) is 183 cm³/mol. The van der Waals surface area contributed by atoms with Gasteiger partial charge in [-0.2, -0.15) is 0 Å². The van der Waals surface area contributed by atoms with Gasteiger partial charge in [0.25, 0.3) is 0 Å². The van der Waals surface area contributed by atoms with Crippen molar-refractivity contribution >= 4 is 54.3 Å². The number of hydrogen-bond donors (Lipinski definition) is 0. The van der Waals surface area contributed by atoms with Gasteiger partial charge in [-0.1, -0.05) is 133 Å². The zero-order valence-electron chi connectivity index (χ0n) is 23.4. The van der Waals surface area contributed by atoms with Crippen molar-refractivity contribution in [3.05, 3.63) is 158 Å². The van der Waals surface area contributed by atoms with Crippen molar-refractivity contribution < 1.29 is 4.42 Å². The van der Waals surface area contributed by atoms with E-state index in [2.05, 4.69) is 158 Å². The van der Waals surface area contributed by atoms with Crippen LogP contribution in [-0.4, -0.2) is 0 Å². The molecule has 0 unspecified atom stereocenters. The standard InChI is InChI=1S/C42H26O/c1-3-11-27(12-4-1)30-20-19-28-21-24-39-42(36(28)25-30)37-26-31(22-23-38(37)43-39)41-34-17-9-7-15-32(34)40(29-13-5-2-6-14-29)33-16-8-10-18-35(33)41/h1-26H. The summed E-state index contributed by atoms with van der Waals surface area (Å²) >= 11 is 0. The topological polar surface area (TPSA) is 13.1 Å². The van der Waals surface area contributed by atoms with E-state index in [0.29, 0.717) is 0 Å². The average molecular weight is 547 g/mol. The van der Waals surface area contributed by atoms with Crippen LogP contribution in [0.1, 0.15) is 0 Å². The van der Waals surface area contributed by atoms with Gasteiger partial charge in [0.1, 0.15) is 11.2 Å². The molecule has 0 amide bonds. The molecular formula is C42H26O. The van der Waals surface area contributed by atoms with Crippen molar-refractivity contribution in [2.45, 2.75) is 0 Å². The summed E-state index contributed by atoms with van der Waals surface area (Å²) in [5.74, 6) is 0. The Balaban J connectivity index is 1.36. The average Bonchev–Trinajstić information content (AvgIpc) is 3.46. The molecule has 9 rings (SSSR count). The van der Waals surface area contributed by atoms with Crippen molar-refractivity contribution in [1.82, 2.24) is 0 Å². The first kappa shape index (κ1) is 24.0. The van der Waals surface area contributed by atoms with Crippen molar-refractivity contribution in [3.8, 4) is 33.4 Å². The Labute approximate surface area is 249 Å². The first-order valence-electron chi connectivity index (χ1n) is 14.8. The van der Waals surface area contributed by atoms with Crippen LogP contribution in [0.3, 0.4) is 0 Å². The Morgan fingerprint density at radius 3 is 1.44 bits per heavy atom. The van der Waals surface area contributed by atoms with E-state index in [9.17, 15) is 0 Å². The fourth-order valence-corrected chi connectivity index (χ4v) is 6.92. The molecule has 1 heterocycles. The molecule has 0 saturated heterocycles. The summed E-state index contributed by atoms with van der Waals surface area (Å²) in [6.07, 6.45) is 0. The fraction of sp³-hybridized carbons (Fsp3) is 0. The Morgan fingerprint density at radius 1 is 0.302 bits per heavy atom. The van der Waals surface area contributed by atoms with Gasteiger partial charge >= 0.3 is 0 Å². The van der Waals surface area contributed by atoms with Gasteiger partial charge in [0.2, 0.25) is 0 Å². The smallest absolute Gasteiger partial charge is 0.136 e. The van der Waals surface area contributed by atoms with Gasteiger partial charge in [-0.15, -0.1) is 0 Å². The zero-order valence-corrected chi connectivity index (χ0v) is 23.4. The van der Waals surface area contributed by atoms with Crippen LogP contribution in [0.15, 0.2) is 162 Å². The zero-order chi connectivity index (χ0) is 28.3. The number of hydrogen-bond acceptors (Lipinski definition) is 1. The van der Waals surface area contributed by atoms with Crippen molar-refractivity contribution in [3.63, 3.8) is 0 Å². The second-order valence-electron chi connectivity index (χ2n) is 11.3. The lowest BCUT2D eigenvalue weighted by Crippen LogP contribution is -1.90. The first-order valence-corrected chi connectivity index (χ1v) is 14.8. The Hall–Kier alpha value is -5.66. The molecule has 9 aromatic rings. The second kappa shape index (κ2) is 9.44. The lowest BCUT2D eigenvalue weighted by molar-refractivity contribution is 0.669. The summed E-state index contributed by atoms with van der Waals surface area (Å²) in [6, 6.07) is 56.7. The van der Waals surface area contributed by atoms with Crippen LogP contribution in [-0.2, 0) is 0 Å². The number of benzene rings is 8. The maximum atomic E-state index is 6.45. The predicted octanol–water partition coefficient (Wildman–Crippen LogP) is 12.0. The van der Waals surface area contributed by atoms with Crippen LogP contribution in [0.4, 0.5) is 0 Å². The van der Waals surface area contributed by atoms with E-state index >= 15 is 0 Å². The summed E-state index contributed by atoms with van der Waals surface area (Å²) in [4.78, 5) is 0. The molecule has 0 radical (unpaired) electrons. The molecule has 200 valence electrons. The Morgan fingerprint density at radius 2 is 0.791 bits per heavy atom. The van der Waals surface area contributed by atoms with Crippen LogP contribution < -0.4 is 0 Å². The molecule has 1 heteroatoms. The monoisotopic (exact) mass is 546 g/mol. The third kappa shape index (κ3) is 3.72. The molecular weight excluding hydrogens is 520 g/mol. The maximum absolute atomic E-state index is 6.45. The van der Waals surface area contributed by atoms with Gasteiger partial charge in [0.15, 0.2) is 0 Å². The number of rotatable bonds is 3. The molecule has 0 bridgehead atoms. The van der Waals surface area contributed by atoms with E-state index in [1.807, 2.05) is 0 Å². The summed E-state index contributed by atoms with van der Waals surface area (Å²) in [6.45, 7) is 0. The third-order valence-electron chi connectivity index (χ3n) is 8.84. The second-order valence-corrected chi connectivity index (χ2v) is 11.3. The third-order valence-corrected chi connectivity index (χ3v) is 8.84. The van der Waals surface area contributed by atoms with E-state index in [4.69, 9.17) is 4.42 Å². The van der Waals surface area contributed by atoms with Crippen molar-refractivity contribution in [1.29, 1.82) is 0 Å². The normalized spacial score (nSPS) is 11.7. The van der Waals surface area contributed by atoms with Gasteiger partial charge in [-0.05, 0) is 90.0 Å². The van der Waals surface area contributed by atoms with E-state index in [1.165, 1.54) is 71.1 Å². The summed E-state index contributed by atoms with van der Waals surface area (Å²) in [5, 5.41) is 9.76. The van der Waals surface area contributed by atoms with Crippen LogP contribution in [0.25, 0.3) is 87.6 Å². The van der Waals surface area contributed by atoms with Crippen LogP contribution in [0.2, 0.25) is 0 Å². The molecule has 0 saturated carbocycles. The first-order chi connectivity index (χ1) is 21.3. The summed E-state index contributed by atoms with van der Waals surface area (Å²) < 4.78 is 6.45. The van der Waals surface area contributed by atoms with Crippen molar-refractivity contribution in [2.75, 3.05) is 0 Å². The van der Waals surface area contributed by atoms with Gasteiger partial charge in [0, 0.05) is 10.8 Å². The molecule has 0 spiro atoms. The van der Waals surface area contributed by atoms with Gasteiger partial charge in [-0.3, -0.25) is 0 Å². The van der Waals surface area contributed by atoms with Crippen LogP contribution in [0, 0.1) is 0 Å². The van der Waals surface area contributed by atoms with Crippen molar-refractivity contribution in [2.24, 2.45) is 0 Å². The Kier molecular flexibility index (Phi) is 5.27.